The lowest BCUT2D eigenvalue weighted by molar-refractivity contribution is -0.129. The van der Waals surface area contributed by atoms with Gasteiger partial charge in [0.25, 0.3) is 0 Å². The molecule has 116 valence electrons. The monoisotopic (exact) mass is 309 g/mol. The van der Waals surface area contributed by atoms with Gasteiger partial charge in [-0.25, -0.2) is 0 Å². The van der Waals surface area contributed by atoms with E-state index in [-0.39, 0.29) is 17.9 Å². The molecule has 1 aromatic rings. The van der Waals surface area contributed by atoms with E-state index in [2.05, 4.69) is 5.32 Å². The average Bonchev–Trinajstić information content (AvgIpc) is 2.42. The zero-order chi connectivity index (χ0) is 15.3. The predicted molar refractivity (Wildman–Crippen MR) is 85.5 cm³/mol. The summed E-state index contributed by atoms with van der Waals surface area (Å²) in [5.74, 6) is 0.417. The molecule has 1 saturated carbocycles. The van der Waals surface area contributed by atoms with Crippen LogP contribution in [0, 0.1) is 5.92 Å². The number of aliphatic hydroxyl groups excluding tert-OH is 1. The van der Waals surface area contributed by atoms with Crippen LogP contribution in [0.15, 0.2) is 24.3 Å². The summed E-state index contributed by atoms with van der Waals surface area (Å²) < 4.78 is 0. The van der Waals surface area contributed by atoms with Crippen molar-refractivity contribution in [1.29, 1.82) is 0 Å². The fourth-order valence-corrected chi connectivity index (χ4v) is 3.07. The smallest absolute Gasteiger partial charge is 0.230 e. The molecule has 0 spiro atoms. The highest BCUT2D eigenvalue weighted by Crippen LogP contribution is 2.44. The van der Waals surface area contributed by atoms with Crippen molar-refractivity contribution in [2.75, 3.05) is 13.2 Å². The molecule has 0 aliphatic heterocycles. The Morgan fingerprint density at radius 1 is 1.48 bits per heavy atom. The van der Waals surface area contributed by atoms with Crippen LogP contribution in [-0.2, 0) is 10.2 Å². The van der Waals surface area contributed by atoms with Gasteiger partial charge < -0.3 is 10.4 Å². The Balaban J connectivity index is 1.93. The van der Waals surface area contributed by atoms with Gasteiger partial charge in [0.05, 0.1) is 5.41 Å². The second-order valence-electron chi connectivity index (χ2n) is 6.13. The molecule has 0 aromatic heterocycles. The van der Waals surface area contributed by atoms with Crippen molar-refractivity contribution in [2.24, 2.45) is 5.92 Å². The average molecular weight is 310 g/mol. The highest BCUT2D eigenvalue weighted by molar-refractivity contribution is 6.30. The van der Waals surface area contributed by atoms with Gasteiger partial charge in [0.15, 0.2) is 0 Å². The maximum absolute atomic E-state index is 12.6. The summed E-state index contributed by atoms with van der Waals surface area (Å²) in [5.41, 5.74) is 0.649. The van der Waals surface area contributed by atoms with Crippen LogP contribution in [0.5, 0.6) is 0 Å². The molecular weight excluding hydrogens is 286 g/mol. The Morgan fingerprint density at radius 3 is 2.81 bits per heavy atom. The minimum absolute atomic E-state index is 0.118. The minimum atomic E-state index is -0.381. The van der Waals surface area contributed by atoms with Gasteiger partial charge in [0, 0.05) is 18.2 Å². The SMILES string of the molecule is CC(CO)CCCNC(=O)C1(c2cccc(Cl)c2)CCC1. The first kappa shape index (κ1) is 16.3. The summed E-state index contributed by atoms with van der Waals surface area (Å²) in [5, 5.41) is 12.7. The number of nitrogens with one attached hydrogen (secondary N) is 1. The van der Waals surface area contributed by atoms with E-state index >= 15 is 0 Å². The van der Waals surface area contributed by atoms with Crippen LogP contribution in [0.4, 0.5) is 0 Å². The van der Waals surface area contributed by atoms with Crippen LogP contribution in [0.1, 0.15) is 44.6 Å². The van der Waals surface area contributed by atoms with Crippen molar-refractivity contribution in [3.8, 4) is 0 Å². The molecule has 1 aromatic carbocycles. The molecule has 1 unspecified atom stereocenters. The Labute approximate surface area is 131 Å². The van der Waals surface area contributed by atoms with E-state index in [0.29, 0.717) is 17.5 Å². The maximum Gasteiger partial charge on any atom is 0.230 e. The van der Waals surface area contributed by atoms with Gasteiger partial charge in [-0.1, -0.05) is 37.1 Å². The van der Waals surface area contributed by atoms with Crippen molar-refractivity contribution in [1.82, 2.24) is 5.32 Å². The van der Waals surface area contributed by atoms with Crippen LogP contribution >= 0.6 is 11.6 Å². The van der Waals surface area contributed by atoms with Gasteiger partial charge >= 0.3 is 0 Å². The van der Waals surface area contributed by atoms with E-state index in [0.717, 1.165) is 37.7 Å². The first-order valence-electron chi connectivity index (χ1n) is 7.74. The summed E-state index contributed by atoms with van der Waals surface area (Å²) in [4.78, 5) is 12.6. The molecular formula is C17H24ClNO2. The van der Waals surface area contributed by atoms with Crippen LogP contribution < -0.4 is 5.32 Å². The lowest BCUT2D eigenvalue weighted by Gasteiger charge is -2.40. The number of rotatable bonds is 7. The van der Waals surface area contributed by atoms with E-state index in [9.17, 15) is 4.79 Å². The zero-order valence-corrected chi connectivity index (χ0v) is 13.3. The predicted octanol–water partition coefficient (Wildman–Crippen LogP) is 3.29. The van der Waals surface area contributed by atoms with Crippen LogP contribution in [0.25, 0.3) is 0 Å². The van der Waals surface area contributed by atoms with Crippen molar-refractivity contribution in [2.45, 2.75) is 44.4 Å². The van der Waals surface area contributed by atoms with E-state index in [4.69, 9.17) is 16.7 Å². The molecule has 1 amide bonds. The minimum Gasteiger partial charge on any atom is -0.396 e. The van der Waals surface area contributed by atoms with Gasteiger partial charge in [0.2, 0.25) is 5.91 Å². The van der Waals surface area contributed by atoms with E-state index in [1.165, 1.54) is 0 Å². The number of carbonyl (C=O) groups excluding carboxylic acids is 1. The number of benzene rings is 1. The fourth-order valence-electron chi connectivity index (χ4n) is 2.88. The van der Waals surface area contributed by atoms with Gasteiger partial charge in [-0.05, 0) is 49.3 Å². The van der Waals surface area contributed by atoms with Gasteiger partial charge in [-0.3, -0.25) is 4.79 Å². The molecule has 1 aliphatic carbocycles. The summed E-state index contributed by atoms with van der Waals surface area (Å²) >= 11 is 6.06. The second kappa shape index (κ2) is 7.28. The maximum atomic E-state index is 12.6. The summed E-state index contributed by atoms with van der Waals surface area (Å²) in [6.07, 6.45) is 4.71. The molecule has 1 atom stereocenters. The number of carbonyl (C=O) groups is 1. The molecule has 2 N–H and O–H groups in total. The Bertz CT molecular complexity index is 485. The lowest BCUT2D eigenvalue weighted by Crippen LogP contribution is -2.49. The van der Waals surface area contributed by atoms with Gasteiger partial charge in [-0.2, -0.15) is 0 Å². The standard InChI is InChI=1S/C17H24ClNO2/c1-13(12-20)5-3-10-19-16(21)17(8-4-9-17)14-6-2-7-15(18)11-14/h2,6-7,11,13,20H,3-5,8-10,12H2,1H3,(H,19,21). The highest BCUT2D eigenvalue weighted by atomic mass is 35.5. The molecule has 4 heteroatoms. The third-order valence-electron chi connectivity index (χ3n) is 4.49. The molecule has 1 aliphatic rings. The first-order valence-corrected chi connectivity index (χ1v) is 8.11. The zero-order valence-electron chi connectivity index (χ0n) is 12.6. The molecule has 21 heavy (non-hydrogen) atoms. The molecule has 0 radical (unpaired) electrons. The number of halogens is 1. The second-order valence-corrected chi connectivity index (χ2v) is 6.57. The molecule has 0 heterocycles. The molecule has 1 fully saturated rings. The summed E-state index contributed by atoms with van der Waals surface area (Å²) in [6, 6.07) is 7.66. The molecule has 2 rings (SSSR count). The van der Waals surface area contributed by atoms with Crippen molar-refractivity contribution in [3.05, 3.63) is 34.9 Å². The third kappa shape index (κ3) is 3.78. The topological polar surface area (TPSA) is 49.3 Å². The number of amides is 1. The quantitative estimate of drug-likeness (QED) is 0.759. The fraction of sp³-hybridized carbons (Fsp3) is 0.588. The summed E-state index contributed by atoms with van der Waals surface area (Å²) in [6.45, 7) is 2.90. The number of hydrogen-bond acceptors (Lipinski definition) is 2. The van der Waals surface area contributed by atoms with Crippen LogP contribution in [-0.4, -0.2) is 24.2 Å². The van der Waals surface area contributed by atoms with Crippen molar-refractivity contribution >= 4 is 17.5 Å². The lowest BCUT2D eigenvalue weighted by atomic mass is 9.64. The van der Waals surface area contributed by atoms with Crippen LogP contribution in [0.3, 0.4) is 0 Å². The third-order valence-corrected chi connectivity index (χ3v) is 4.72. The largest absolute Gasteiger partial charge is 0.396 e. The number of aliphatic hydroxyl groups is 1. The van der Waals surface area contributed by atoms with Gasteiger partial charge in [0.1, 0.15) is 0 Å². The van der Waals surface area contributed by atoms with Gasteiger partial charge in [-0.15, -0.1) is 0 Å². The van der Waals surface area contributed by atoms with E-state index < -0.39 is 0 Å². The van der Waals surface area contributed by atoms with Crippen molar-refractivity contribution < 1.29 is 9.90 Å². The van der Waals surface area contributed by atoms with Crippen molar-refractivity contribution in [3.63, 3.8) is 0 Å². The first-order chi connectivity index (χ1) is 10.1. The molecule has 0 saturated heterocycles. The Morgan fingerprint density at radius 2 is 2.24 bits per heavy atom. The highest BCUT2D eigenvalue weighted by Gasteiger charge is 2.45. The van der Waals surface area contributed by atoms with E-state index in [1.54, 1.807) is 0 Å². The Hall–Kier alpha value is -1.06. The molecule has 3 nitrogen and oxygen atoms in total. The number of hydrogen-bond donors (Lipinski definition) is 2. The Kier molecular flexibility index (Phi) is 5.65. The molecule has 0 bridgehead atoms. The summed E-state index contributed by atoms with van der Waals surface area (Å²) in [7, 11) is 0. The normalized spacial score (nSPS) is 17.9. The van der Waals surface area contributed by atoms with Crippen LogP contribution in [0.2, 0.25) is 5.02 Å². The van der Waals surface area contributed by atoms with E-state index in [1.807, 2.05) is 31.2 Å².